The third kappa shape index (κ3) is 6.18. The van der Waals surface area contributed by atoms with Crippen LogP contribution in [0.15, 0.2) is 36.5 Å². The number of benzene rings is 1. The highest BCUT2D eigenvalue weighted by Crippen LogP contribution is 2.48. The van der Waals surface area contributed by atoms with Gasteiger partial charge in [-0.05, 0) is 24.6 Å². The topological polar surface area (TPSA) is 116 Å². The zero-order chi connectivity index (χ0) is 27.0. The smallest absolute Gasteiger partial charge is 0.296 e. The number of amides is 1. The maximum absolute atomic E-state index is 14.6. The summed E-state index contributed by atoms with van der Waals surface area (Å²) in [7, 11) is 0. The average Bonchev–Trinajstić information content (AvgIpc) is 3.45. The Morgan fingerprint density at radius 2 is 1.95 bits per heavy atom. The van der Waals surface area contributed by atoms with E-state index < -0.39 is 78.3 Å². The molecule has 1 aliphatic heterocycles. The molecule has 1 saturated heterocycles. The Hall–Kier alpha value is -3.68. The fourth-order valence-electron chi connectivity index (χ4n) is 3.64. The van der Waals surface area contributed by atoms with E-state index in [1.165, 1.54) is 0 Å². The highest BCUT2D eigenvalue weighted by molar-refractivity contribution is 6.44. The number of rotatable bonds is 8. The van der Waals surface area contributed by atoms with E-state index in [2.05, 4.69) is 15.3 Å². The number of ether oxygens (including phenoxy) is 2. The molecule has 2 atom stereocenters. The first-order chi connectivity index (χ1) is 17.4. The van der Waals surface area contributed by atoms with Gasteiger partial charge in [-0.1, -0.05) is 0 Å². The van der Waals surface area contributed by atoms with Crippen molar-refractivity contribution in [3.05, 3.63) is 53.8 Å². The average molecular weight is 530 g/mol. The van der Waals surface area contributed by atoms with Gasteiger partial charge in [0.05, 0.1) is 30.0 Å². The van der Waals surface area contributed by atoms with Crippen LogP contribution in [0.1, 0.15) is 31.1 Å². The van der Waals surface area contributed by atoms with Gasteiger partial charge >= 0.3 is 0 Å². The zero-order valence-electron chi connectivity index (χ0n) is 18.9. The highest BCUT2D eigenvalue weighted by atomic mass is 19.3. The van der Waals surface area contributed by atoms with Crippen LogP contribution in [0.25, 0.3) is 11.3 Å². The molecule has 1 aromatic heterocycles. The zero-order valence-corrected chi connectivity index (χ0v) is 18.9. The van der Waals surface area contributed by atoms with E-state index in [4.69, 9.17) is 15.2 Å². The van der Waals surface area contributed by atoms with Crippen molar-refractivity contribution in [3.8, 4) is 11.3 Å². The second-order valence-electron chi connectivity index (χ2n) is 8.64. The Bertz CT molecular complexity index is 1250. The van der Waals surface area contributed by atoms with Crippen LogP contribution in [0.3, 0.4) is 0 Å². The van der Waals surface area contributed by atoms with E-state index in [9.17, 15) is 35.9 Å². The lowest BCUT2D eigenvalue weighted by Gasteiger charge is -2.29. The molecule has 0 radical (unpaired) electrons. The molecule has 1 saturated carbocycles. The van der Waals surface area contributed by atoms with Crippen molar-refractivity contribution in [2.75, 3.05) is 18.5 Å². The van der Waals surface area contributed by atoms with Gasteiger partial charge in [0, 0.05) is 18.4 Å². The van der Waals surface area contributed by atoms with Gasteiger partial charge in [0.1, 0.15) is 36.4 Å². The molecule has 2 fully saturated rings. The Morgan fingerprint density at radius 3 is 2.59 bits per heavy atom. The monoisotopic (exact) mass is 530 g/mol. The fraction of sp³-hybridized carbons (Fsp3) is 0.391. The van der Waals surface area contributed by atoms with Gasteiger partial charge in [-0.3, -0.25) is 9.59 Å². The minimum Gasteiger partial charge on any atom is -0.479 e. The number of ketones is 1. The van der Waals surface area contributed by atoms with Gasteiger partial charge in [0.2, 0.25) is 5.78 Å². The predicted octanol–water partition coefficient (Wildman–Crippen LogP) is 3.89. The van der Waals surface area contributed by atoms with Crippen molar-refractivity contribution < 1.29 is 45.4 Å². The van der Waals surface area contributed by atoms with Crippen molar-refractivity contribution >= 4 is 17.4 Å². The molecule has 2 aliphatic rings. The number of alkyl halides is 4. The minimum absolute atomic E-state index is 0.144. The first-order valence-corrected chi connectivity index (χ1v) is 11.0. The number of carbonyl (C=O) groups is 2. The van der Waals surface area contributed by atoms with Crippen molar-refractivity contribution in [2.45, 2.75) is 37.2 Å². The third-order valence-corrected chi connectivity index (χ3v) is 5.78. The van der Waals surface area contributed by atoms with Gasteiger partial charge in [-0.25, -0.2) is 36.3 Å². The predicted molar refractivity (Wildman–Crippen MR) is 115 cm³/mol. The van der Waals surface area contributed by atoms with E-state index in [0.29, 0.717) is 6.08 Å². The molecule has 0 bridgehead atoms. The summed E-state index contributed by atoms with van der Waals surface area (Å²) in [5.41, 5.74) is 4.23. The summed E-state index contributed by atoms with van der Waals surface area (Å²) in [6, 6.07) is 2.44. The number of anilines is 1. The Labute approximate surface area is 205 Å². The van der Waals surface area contributed by atoms with E-state index in [1.54, 1.807) is 0 Å². The van der Waals surface area contributed by atoms with Crippen molar-refractivity contribution in [1.82, 2.24) is 9.97 Å². The first kappa shape index (κ1) is 26.4. The molecule has 2 unspecified atom stereocenters. The highest BCUT2D eigenvalue weighted by Gasteiger charge is 2.57. The summed E-state index contributed by atoms with van der Waals surface area (Å²) in [4.78, 5) is 32.9. The second-order valence-corrected chi connectivity index (χ2v) is 8.64. The Morgan fingerprint density at radius 1 is 1.22 bits per heavy atom. The van der Waals surface area contributed by atoms with Crippen LogP contribution in [0.2, 0.25) is 0 Å². The van der Waals surface area contributed by atoms with E-state index in [-0.39, 0.29) is 29.9 Å². The summed E-state index contributed by atoms with van der Waals surface area (Å²) < 4.78 is 91.6. The van der Waals surface area contributed by atoms with Crippen molar-refractivity contribution in [1.29, 1.82) is 0 Å². The summed E-state index contributed by atoms with van der Waals surface area (Å²) >= 11 is 0. The molecule has 3 N–H and O–H groups in total. The van der Waals surface area contributed by atoms with Gasteiger partial charge in [-0.2, -0.15) is 0 Å². The van der Waals surface area contributed by atoms with Crippen molar-refractivity contribution in [2.24, 2.45) is 11.7 Å². The van der Waals surface area contributed by atoms with Crippen LogP contribution in [0.4, 0.5) is 32.0 Å². The molecule has 14 heteroatoms. The van der Waals surface area contributed by atoms with Gasteiger partial charge in [0.25, 0.3) is 17.8 Å². The Kier molecular flexibility index (Phi) is 7.13. The molecule has 2 aromatic rings. The number of hydrogen-bond acceptors (Lipinski definition) is 7. The first-order valence-electron chi connectivity index (χ1n) is 11.0. The molecule has 8 nitrogen and oxygen atoms in total. The summed E-state index contributed by atoms with van der Waals surface area (Å²) in [5.74, 6) is -12.0. The lowest BCUT2D eigenvalue weighted by atomic mass is 10.00. The number of halogens is 6. The van der Waals surface area contributed by atoms with Crippen LogP contribution in [-0.4, -0.2) is 46.7 Å². The van der Waals surface area contributed by atoms with Gasteiger partial charge < -0.3 is 20.5 Å². The molecular formula is C23H20F6N4O4. The molecule has 198 valence electrons. The third-order valence-electron chi connectivity index (χ3n) is 5.78. The van der Waals surface area contributed by atoms with E-state index >= 15 is 0 Å². The summed E-state index contributed by atoms with van der Waals surface area (Å²) in [6.45, 7) is -1.41. The molecule has 0 spiro atoms. The maximum atomic E-state index is 14.6. The molecule has 37 heavy (non-hydrogen) atoms. The molecule has 1 aromatic carbocycles. The molecular weight excluding hydrogens is 510 g/mol. The normalized spacial score (nSPS) is 22.3. The summed E-state index contributed by atoms with van der Waals surface area (Å²) in [6.07, 6.45) is -0.790. The number of carbonyl (C=O) groups excluding carboxylic acids is 2. The molecule has 2 heterocycles. The van der Waals surface area contributed by atoms with Crippen LogP contribution >= 0.6 is 0 Å². The van der Waals surface area contributed by atoms with Crippen LogP contribution in [0.5, 0.6) is 0 Å². The van der Waals surface area contributed by atoms with Gasteiger partial charge in [0.15, 0.2) is 5.88 Å². The second kappa shape index (κ2) is 10.00. The van der Waals surface area contributed by atoms with Crippen LogP contribution in [-0.2, 0) is 19.1 Å². The van der Waals surface area contributed by atoms with Crippen molar-refractivity contribution in [3.63, 3.8) is 0 Å². The molecule has 4 rings (SSSR count). The largest absolute Gasteiger partial charge is 0.479 e. The van der Waals surface area contributed by atoms with Crippen LogP contribution < -0.4 is 11.1 Å². The summed E-state index contributed by atoms with van der Waals surface area (Å²) in [5, 5.41) is 2.19. The number of aromatic nitrogens is 2. The molecule has 1 aliphatic carbocycles. The Balaban J connectivity index is 1.61. The fourth-order valence-corrected chi connectivity index (χ4v) is 3.64. The van der Waals surface area contributed by atoms with E-state index in [1.807, 2.05) is 0 Å². The minimum atomic E-state index is -3.09. The number of nitrogens with two attached hydrogens (primary N) is 1. The SMILES string of the molecule is NC(=CC(=O)C(=O)Nc1c(-c2cc(F)ccc2F)ncnc1C1CCC(F)(F)CO1)OCC1CC1(F)F. The number of nitrogens with one attached hydrogen (secondary N) is 1. The standard InChI is InChI=1S/C23H20F6N4O4/c24-12-1-2-14(25)13(5-12)18-20(19(32-10-31-18)16-3-4-22(26,27)9-37-16)33-21(35)15(34)6-17(30)36-8-11-7-23(11,28)29/h1-2,5-6,10-11,16H,3-4,7-9,30H2,(H,33,35). The lowest BCUT2D eigenvalue weighted by molar-refractivity contribution is -0.146. The maximum Gasteiger partial charge on any atom is 0.296 e. The number of nitrogens with zero attached hydrogens (tertiary/aromatic N) is 2. The quantitative estimate of drug-likeness (QED) is 0.230. The molecule has 1 amide bonds. The lowest BCUT2D eigenvalue weighted by Crippen LogP contribution is -2.32. The van der Waals surface area contributed by atoms with E-state index in [0.717, 1.165) is 24.5 Å². The number of hydrogen-bond donors (Lipinski definition) is 2. The van der Waals surface area contributed by atoms with Crippen LogP contribution in [0, 0.1) is 17.6 Å². The van der Waals surface area contributed by atoms with Gasteiger partial charge in [-0.15, -0.1) is 0 Å².